The first-order chi connectivity index (χ1) is 8.08. The van der Waals surface area contributed by atoms with Crippen LogP contribution in [-0.4, -0.2) is 29.2 Å². The van der Waals surface area contributed by atoms with Crippen molar-refractivity contribution in [3.63, 3.8) is 0 Å². The fraction of sp³-hybridized carbons (Fsp3) is 0.417. The van der Waals surface area contributed by atoms with Crippen molar-refractivity contribution >= 4 is 11.8 Å². The zero-order chi connectivity index (χ0) is 12.4. The highest BCUT2D eigenvalue weighted by Crippen LogP contribution is 2.30. The number of carboxylic acid groups (broad SMARTS) is 1. The van der Waals surface area contributed by atoms with E-state index >= 15 is 0 Å². The van der Waals surface area contributed by atoms with Gasteiger partial charge in [-0.3, -0.25) is 0 Å². The Morgan fingerprint density at radius 3 is 2.59 bits per heavy atom. The summed E-state index contributed by atoms with van der Waals surface area (Å²) in [5, 5.41) is 8.82. The van der Waals surface area contributed by atoms with Gasteiger partial charge in [-0.25, -0.2) is 9.18 Å². The smallest absolute Gasteiger partial charge is 0.407 e. The molecule has 0 bridgehead atoms. The molecule has 0 unspecified atom stereocenters. The highest BCUT2D eigenvalue weighted by molar-refractivity contribution is 5.65. The number of nitrogens with two attached hydrogens (primary N) is 1. The van der Waals surface area contributed by atoms with Gasteiger partial charge in [0, 0.05) is 18.8 Å². The average Bonchev–Trinajstić information content (AvgIpc) is 2.29. The lowest BCUT2D eigenvalue weighted by atomic mass is 9.89. The minimum Gasteiger partial charge on any atom is -0.465 e. The van der Waals surface area contributed by atoms with Crippen molar-refractivity contribution in [1.29, 1.82) is 0 Å². The van der Waals surface area contributed by atoms with Crippen LogP contribution >= 0.6 is 0 Å². The number of hydrogen-bond donors (Lipinski definition) is 2. The van der Waals surface area contributed by atoms with E-state index in [1.165, 1.54) is 11.0 Å². The van der Waals surface area contributed by atoms with Gasteiger partial charge in [-0.2, -0.15) is 0 Å². The summed E-state index contributed by atoms with van der Waals surface area (Å²) in [6.07, 6.45) is 0.418. The number of hydrogen-bond acceptors (Lipinski definition) is 2. The summed E-state index contributed by atoms with van der Waals surface area (Å²) in [5.41, 5.74) is 6.55. The molecular formula is C12H15FN2O2. The molecule has 0 saturated carbocycles. The zero-order valence-electron chi connectivity index (χ0n) is 9.40. The van der Waals surface area contributed by atoms with Crippen LogP contribution in [0.25, 0.3) is 0 Å². The third-order valence-corrected chi connectivity index (χ3v) is 3.23. The van der Waals surface area contributed by atoms with Crippen LogP contribution in [0.5, 0.6) is 0 Å². The van der Waals surface area contributed by atoms with E-state index < -0.39 is 6.09 Å². The van der Waals surface area contributed by atoms with Crippen LogP contribution in [0.2, 0.25) is 0 Å². The van der Waals surface area contributed by atoms with Gasteiger partial charge in [0.1, 0.15) is 5.82 Å². The monoisotopic (exact) mass is 238 g/mol. The quantitative estimate of drug-likeness (QED) is 0.737. The van der Waals surface area contributed by atoms with Gasteiger partial charge >= 0.3 is 6.09 Å². The Morgan fingerprint density at radius 1 is 1.41 bits per heavy atom. The molecule has 0 aliphatic carbocycles. The molecule has 3 N–H and O–H groups in total. The number of nitrogens with zero attached hydrogens (tertiary/aromatic N) is 1. The minimum absolute atomic E-state index is 0.0891. The molecule has 1 aromatic rings. The maximum Gasteiger partial charge on any atom is 0.407 e. The van der Waals surface area contributed by atoms with Gasteiger partial charge in [-0.05, 0) is 36.5 Å². The predicted octanol–water partition coefficient (Wildman–Crippen LogP) is 2.27. The van der Waals surface area contributed by atoms with Gasteiger partial charge in [0.15, 0.2) is 0 Å². The molecule has 92 valence electrons. The molecule has 1 heterocycles. The molecule has 1 aromatic carbocycles. The van der Waals surface area contributed by atoms with E-state index in [1.54, 1.807) is 12.1 Å². The Bertz CT molecular complexity index is 429. The summed E-state index contributed by atoms with van der Waals surface area (Å²) in [5.74, 6) is -0.204. The van der Waals surface area contributed by atoms with Crippen LogP contribution in [0.3, 0.4) is 0 Å². The van der Waals surface area contributed by atoms with Gasteiger partial charge < -0.3 is 15.7 Å². The van der Waals surface area contributed by atoms with Crippen molar-refractivity contribution < 1.29 is 14.3 Å². The fourth-order valence-electron chi connectivity index (χ4n) is 2.26. The lowest BCUT2D eigenvalue weighted by Gasteiger charge is -2.30. The van der Waals surface area contributed by atoms with E-state index in [0.29, 0.717) is 37.2 Å². The second-order valence-corrected chi connectivity index (χ2v) is 4.32. The highest BCUT2D eigenvalue weighted by Gasteiger charge is 2.24. The number of nitrogen functional groups attached to an aromatic ring is 1. The summed E-state index contributed by atoms with van der Waals surface area (Å²) in [6.45, 7) is 0.924. The summed E-state index contributed by atoms with van der Waals surface area (Å²) < 4.78 is 13.7. The van der Waals surface area contributed by atoms with Gasteiger partial charge in [0.2, 0.25) is 0 Å². The molecule has 0 radical (unpaired) electrons. The summed E-state index contributed by atoms with van der Waals surface area (Å²) in [7, 11) is 0. The molecule has 1 saturated heterocycles. The fourth-order valence-corrected chi connectivity index (χ4v) is 2.26. The number of piperidine rings is 1. The summed E-state index contributed by atoms with van der Waals surface area (Å²) in [6, 6.07) is 4.70. The lowest BCUT2D eigenvalue weighted by molar-refractivity contribution is 0.132. The van der Waals surface area contributed by atoms with Crippen molar-refractivity contribution in [3.05, 3.63) is 29.6 Å². The summed E-state index contributed by atoms with van der Waals surface area (Å²) >= 11 is 0. The number of halogens is 1. The maximum absolute atomic E-state index is 13.7. The van der Waals surface area contributed by atoms with E-state index in [4.69, 9.17) is 10.8 Å². The van der Waals surface area contributed by atoms with Crippen LogP contribution in [-0.2, 0) is 0 Å². The normalized spacial score (nSPS) is 17.1. The third kappa shape index (κ3) is 2.49. The van der Waals surface area contributed by atoms with Crippen LogP contribution in [0.4, 0.5) is 14.9 Å². The zero-order valence-corrected chi connectivity index (χ0v) is 9.40. The van der Waals surface area contributed by atoms with Crippen LogP contribution in [0.15, 0.2) is 18.2 Å². The molecule has 0 atom stereocenters. The molecule has 1 amide bonds. The van der Waals surface area contributed by atoms with Gasteiger partial charge in [0.25, 0.3) is 0 Å². The molecule has 17 heavy (non-hydrogen) atoms. The molecule has 2 rings (SSSR count). The first-order valence-corrected chi connectivity index (χ1v) is 5.60. The van der Waals surface area contributed by atoms with Crippen molar-refractivity contribution in [2.75, 3.05) is 18.8 Å². The Hall–Kier alpha value is -1.78. The summed E-state index contributed by atoms with van der Waals surface area (Å²) in [4.78, 5) is 12.1. The Balaban J connectivity index is 2.08. The molecule has 1 aliphatic rings. The topological polar surface area (TPSA) is 66.6 Å². The van der Waals surface area contributed by atoms with Crippen molar-refractivity contribution in [1.82, 2.24) is 4.90 Å². The Labute approximate surface area is 98.8 Å². The number of amides is 1. The Kier molecular flexibility index (Phi) is 3.17. The molecule has 1 aliphatic heterocycles. The van der Waals surface area contributed by atoms with Crippen molar-refractivity contribution in [2.45, 2.75) is 18.8 Å². The largest absolute Gasteiger partial charge is 0.465 e. The van der Waals surface area contributed by atoms with Crippen LogP contribution in [0, 0.1) is 5.82 Å². The third-order valence-electron chi connectivity index (χ3n) is 3.23. The van der Waals surface area contributed by atoms with Gasteiger partial charge in [0.05, 0.1) is 0 Å². The molecule has 1 fully saturated rings. The number of rotatable bonds is 1. The number of likely N-dealkylation sites (tertiary alicyclic amines) is 1. The van der Waals surface area contributed by atoms with E-state index in [2.05, 4.69) is 0 Å². The number of benzene rings is 1. The lowest BCUT2D eigenvalue weighted by Crippen LogP contribution is -2.36. The van der Waals surface area contributed by atoms with Crippen LogP contribution < -0.4 is 5.73 Å². The van der Waals surface area contributed by atoms with E-state index in [9.17, 15) is 9.18 Å². The van der Waals surface area contributed by atoms with E-state index in [-0.39, 0.29) is 11.7 Å². The average molecular weight is 238 g/mol. The molecule has 0 aromatic heterocycles. The molecule has 0 spiro atoms. The maximum atomic E-state index is 13.7. The van der Waals surface area contributed by atoms with Crippen molar-refractivity contribution in [3.8, 4) is 0 Å². The van der Waals surface area contributed by atoms with E-state index in [0.717, 1.165) is 0 Å². The van der Waals surface area contributed by atoms with Gasteiger partial charge in [-0.1, -0.05) is 6.07 Å². The Morgan fingerprint density at radius 2 is 2.06 bits per heavy atom. The van der Waals surface area contributed by atoms with Gasteiger partial charge in [-0.15, -0.1) is 0 Å². The van der Waals surface area contributed by atoms with Crippen LogP contribution in [0.1, 0.15) is 24.3 Å². The highest BCUT2D eigenvalue weighted by atomic mass is 19.1. The first kappa shape index (κ1) is 11.7. The molecule has 4 nitrogen and oxygen atoms in total. The van der Waals surface area contributed by atoms with Crippen molar-refractivity contribution in [2.24, 2.45) is 0 Å². The second kappa shape index (κ2) is 4.61. The second-order valence-electron chi connectivity index (χ2n) is 4.32. The molecular weight excluding hydrogens is 223 g/mol. The van der Waals surface area contributed by atoms with E-state index in [1.807, 2.05) is 0 Å². The number of anilines is 1. The predicted molar refractivity (Wildman–Crippen MR) is 62.4 cm³/mol. The molecule has 5 heteroatoms. The number of carbonyl (C=O) groups is 1. The first-order valence-electron chi connectivity index (χ1n) is 5.60. The SMILES string of the molecule is Nc1ccc(C2CCN(C(=O)O)CC2)c(F)c1. The standard InChI is InChI=1S/C12H15FN2O2/c13-11-7-9(14)1-2-10(11)8-3-5-15(6-4-8)12(16)17/h1-2,7-8H,3-6,14H2,(H,16,17). The minimum atomic E-state index is -0.902.